The van der Waals surface area contributed by atoms with Crippen LogP contribution in [0.5, 0.6) is 0 Å². The molecule has 0 saturated carbocycles. The highest BCUT2D eigenvalue weighted by atomic mass is 32.2. The number of tetrazole rings is 1. The number of H-pyrrole nitrogens is 2. The van der Waals surface area contributed by atoms with Crippen molar-refractivity contribution in [1.82, 2.24) is 50.0 Å². The molecule has 1 unspecified atom stereocenters. The Labute approximate surface area is 243 Å². The summed E-state index contributed by atoms with van der Waals surface area (Å²) in [6.45, 7) is 1.17. The fourth-order valence-electron chi connectivity index (χ4n) is 5.07. The van der Waals surface area contributed by atoms with Crippen LogP contribution in [-0.2, 0) is 34.3 Å². The first kappa shape index (κ1) is 27.9. The summed E-state index contributed by atoms with van der Waals surface area (Å²) >= 11 is 1.31. The molecule has 0 bridgehead atoms. The van der Waals surface area contributed by atoms with E-state index in [1.54, 1.807) is 18.2 Å². The molecule has 2 aliphatic heterocycles. The molecule has 6 rings (SSSR count). The molecule has 0 spiro atoms. The molecule has 18 heteroatoms. The molecule has 0 radical (unpaired) electrons. The van der Waals surface area contributed by atoms with Crippen LogP contribution in [0.25, 0.3) is 10.9 Å². The van der Waals surface area contributed by atoms with Crippen LogP contribution in [0.1, 0.15) is 31.8 Å². The number of amides is 2. The molecule has 3 aromatic heterocycles. The van der Waals surface area contributed by atoms with E-state index >= 15 is 0 Å². The highest BCUT2D eigenvalue weighted by molar-refractivity contribution is 7.89. The lowest BCUT2D eigenvalue weighted by molar-refractivity contribution is -0.127. The number of likely N-dealkylation sites (N-methyl/N-ethyl adjacent to an activating group) is 1. The summed E-state index contributed by atoms with van der Waals surface area (Å²) in [5.74, 6) is -0.881. The minimum atomic E-state index is -4.09. The van der Waals surface area contributed by atoms with Crippen molar-refractivity contribution in [1.29, 1.82) is 5.41 Å². The molecule has 1 atom stereocenters. The molecule has 16 nitrogen and oxygen atoms in total. The zero-order valence-electron chi connectivity index (χ0n) is 22.5. The summed E-state index contributed by atoms with van der Waals surface area (Å²) in [6, 6.07) is 5.28. The maximum Gasteiger partial charge on any atom is 0.283 e. The number of thiazole rings is 1. The van der Waals surface area contributed by atoms with Gasteiger partial charge in [-0.1, -0.05) is 17.3 Å². The Bertz CT molecular complexity index is 1780. The van der Waals surface area contributed by atoms with Crippen LogP contribution < -0.4 is 11.1 Å². The van der Waals surface area contributed by atoms with Crippen molar-refractivity contribution in [2.45, 2.75) is 30.6 Å². The van der Waals surface area contributed by atoms with Gasteiger partial charge in [0.25, 0.3) is 15.9 Å². The number of carbonyl (C=O) groups is 2. The Balaban J connectivity index is 1.27. The number of carbonyl (C=O) groups excluding carboxylic acids is 2. The molecule has 220 valence electrons. The summed E-state index contributed by atoms with van der Waals surface area (Å²) in [5.41, 5.74) is 7.42. The number of aromatic nitrogens is 6. The summed E-state index contributed by atoms with van der Waals surface area (Å²) in [5, 5.41) is 24.6. The number of benzene rings is 1. The molecule has 1 fully saturated rings. The van der Waals surface area contributed by atoms with Gasteiger partial charge >= 0.3 is 0 Å². The lowest BCUT2D eigenvalue weighted by atomic mass is 10.1. The highest BCUT2D eigenvalue weighted by Crippen LogP contribution is 2.28. The van der Waals surface area contributed by atoms with Gasteiger partial charge in [0.1, 0.15) is 16.9 Å². The molecular formula is C24H28N12O4S2. The lowest BCUT2D eigenvalue weighted by Gasteiger charge is -2.39. The molecule has 42 heavy (non-hydrogen) atoms. The smallest absolute Gasteiger partial charge is 0.283 e. The van der Waals surface area contributed by atoms with Crippen LogP contribution in [0.4, 0.5) is 0 Å². The SMILES string of the molecule is CN1CCc2nc(C(=O)N3CCN(S(=O)(=O)c4cc5ccc(C(=N)N)cc5[nH]4)CC3C(=O)NCc3nn[nH]n3)sc2C1. The molecule has 1 saturated heterocycles. The van der Waals surface area contributed by atoms with Gasteiger partial charge in [-0.15, -0.1) is 21.5 Å². The third-order valence-corrected chi connectivity index (χ3v) is 10.2. The minimum Gasteiger partial charge on any atom is -0.384 e. The predicted molar refractivity (Wildman–Crippen MR) is 151 cm³/mol. The van der Waals surface area contributed by atoms with Crippen molar-refractivity contribution in [2.24, 2.45) is 5.73 Å². The van der Waals surface area contributed by atoms with Crippen molar-refractivity contribution in [3.8, 4) is 0 Å². The van der Waals surface area contributed by atoms with Crippen LogP contribution in [0.15, 0.2) is 29.3 Å². The molecule has 1 aromatic carbocycles. The van der Waals surface area contributed by atoms with Gasteiger partial charge in [0.05, 0.1) is 12.2 Å². The van der Waals surface area contributed by atoms with Crippen molar-refractivity contribution in [3.63, 3.8) is 0 Å². The first-order valence-corrected chi connectivity index (χ1v) is 15.3. The van der Waals surface area contributed by atoms with Crippen molar-refractivity contribution >= 4 is 49.9 Å². The average Bonchev–Trinajstić information content (AvgIpc) is 3.74. The standard InChI is InChI=1S/C24H28N12O4S2/c1-34-5-4-15-18(12-34)41-23(29-15)24(38)36-7-6-35(11-17(36)22(37)27-10-19-30-32-33-31-19)42(39,40)20-9-13-2-3-14(21(25)26)8-16(13)28-20/h2-3,8-9,17,28H,4-7,10-12H2,1H3,(H3,25,26)(H,27,37)(H,30,31,32,33). The molecule has 6 N–H and O–H groups in total. The number of nitrogens with two attached hydrogens (primary N) is 1. The number of rotatable bonds is 7. The van der Waals surface area contributed by atoms with Gasteiger partial charge < -0.3 is 25.8 Å². The van der Waals surface area contributed by atoms with E-state index in [4.69, 9.17) is 11.1 Å². The van der Waals surface area contributed by atoms with Gasteiger partial charge in [-0.05, 0) is 19.2 Å². The van der Waals surface area contributed by atoms with E-state index in [2.05, 4.69) is 40.8 Å². The zero-order valence-corrected chi connectivity index (χ0v) is 24.1. The molecule has 2 aliphatic rings. The molecule has 2 amide bonds. The van der Waals surface area contributed by atoms with Crippen LogP contribution in [0.3, 0.4) is 0 Å². The van der Waals surface area contributed by atoms with Crippen LogP contribution in [-0.4, -0.2) is 110 Å². The second-order valence-corrected chi connectivity index (χ2v) is 13.1. The molecule has 5 heterocycles. The first-order valence-electron chi connectivity index (χ1n) is 13.1. The summed E-state index contributed by atoms with van der Waals surface area (Å²) < 4.78 is 28.7. The van der Waals surface area contributed by atoms with Gasteiger partial charge in [0.2, 0.25) is 5.91 Å². The molecule has 4 aromatic rings. The number of aromatic amines is 2. The second-order valence-electron chi connectivity index (χ2n) is 10.1. The molecular weight excluding hydrogens is 584 g/mol. The van der Waals surface area contributed by atoms with E-state index < -0.39 is 27.9 Å². The van der Waals surface area contributed by atoms with E-state index in [-0.39, 0.29) is 47.9 Å². The van der Waals surface area contributed by atoms with Gasteiger partial charge in [0.15, 0.2) is 10.8 Å². The van der Waals surface area contributed by atoms with E-state index in [1.165, 1.54) is 26.6 Å². The maximum atomic E-state index is 13.7. The van der Waals surface area contributed by atoms with Gasteiger partial charge in [-0.3, -0.25) is 15.0 Å². The summed E-state index contributed by atoms with van der Waals surface area (Å²) in [4.78, 5) is 39.2. The van der Waals surface area contributed by atoms with Gasteiger partial charge in [-0.2, -0.15) is 9.52 Å². The van der Waals surface area contributed by atoms with Crippen LogP contribution in [0.2, 0.25) is 0 Å². The lowest BCUT2D eigenvalue weighted by Crippen LogP contribution is -2.61. The number of nitrogen functional groups attached to an aromatic ring is 1. The van der Waals surface area contributed by atoms with Crippen molar-refractivity contribution in [2.75, 3.05) is 33.2 Å². The number of fused-ring (bicyclic) bond motifs is 2. The zero-order chi connectivity index (χ0) is 29.6. The van der Waals surface area contributed by atoms with Gasteiger partial charge in [0, 0.05) is 60.5 Å². The number of hydrogen-bond acceptors (Lipinski definition) is 11. The quantitative estimate of drug-likeness (QED) is 0.130. The largest absolute Gasteiger partial charge is 0.384 e. The van der Waals surface area contributed by atoms with Crippen molar-refractivity contribution in [3.05, 3.63) is 51.2 Å². The van der Waals surface area contributed by atoms with Crippen molar-refractivity contribution < 1.29 is 18.0 Å². The Morgan fingerprint density at radius 2 is 2.07 bits per heavy atom. The number of amidine groups is 1. The first-order chi connectivity index (χ1) is 20.1. The number of hydrogen-bond donors (Lipinski definition) is 5. The molecule has 0 aliphatic carbocycles. The Morgan fingerprint density at radius 3 is 2.83 bits per heavy atom. The normalized spacial score (nSPS) is 18.2. The van der Waals surface area contributed by atoms with Crippen LogP contribution >= 0.6 is 11.3 Å². The average molecular weight is 613 g/mol. The van der Waals surface area contributed by atoms with E-state index in [9.17, 15) is 18.0 Å². The second kappa shape index (κ2) is 10.9. The predicted octanol–water partition coefficient (Wildman–Crippen LogP) is -0.759. The number of piperazine rings is 1. The van der Waals surface area contributed by atoms with Gasteiger partial charge in [-0.25, -0.2) is 13.4 Å². The number of sulfonamides is 1. The third-order valence-electron chi connectivity index (χ3n) is 7.35. The topological polar surface area (TPSA) is 223 Å². The number of nitrogens with one attached hydrogen (secondary N) is 4. The fourth-order valence-corrected chi connectivity index (χ4v) is 7.67. The monoisotopic (exact) mass is 612 g/mol. The fraction of sp³-hybridized carbons (Fsp3) is 0.375. The Kier molecular flexibility index (Phi) is 7.21. The Hall–Kier alpha value is -4.26. The van der Waals surface area contributed by atoms with E-state index in [1.807, 2.05) is 7.05 Å². The summed E-state index contributed by atoms with van der Waals surface area (Å²) in [7, 11) is -2.08. The highest BCUT2D eigenvalue weighted by Gasteiger charge is 2.41. The number of nitrogens with zero attached hydrogens (tertiary/aromatic N) is 7. The third kappa shape index (κ3) is 5.24. The summed E-state index contributed by atoms with van der Waals surface area (Å²) in [6.07, 6.45) is 0.731. The maximum absolute atomic E-state index is 13.7. The minimum absolute atomic E-state index is 0.0166. The van der Waals surface area contributed by atoms with Crippen LogP contribution in [0, 0.1) is 5.41 Å². The van der Waals surface area contributed by atoms with E-state index in [0.717, 1.165) is 23.5 Å². The van der Waals surface area contributed by atoms with E-state index in [0.29, 0.717) is 23.0 Å². The Morgan fingerprint density at radius 1 is 1.24 bits per heavy atom.